The van der Waals surface area contributed by atoms with Crippen LogP contribution < -0.4 is 15.8 Å². The molecule has 5 heteroatoms. The van der Waals surface area contributed by atoms with Gasteiger partial charge in [0.15, 0.2) is 6.61 Å². The van der Waals surface area contributed by atoms with Gasteiger partial charge >= 0.3 is 0 Å². The van der Waals surface area contributed by atoms with Crippen molar-refractivity contribution in [2.45, 2.75) is 31.7 Å². The monoisotopic (exact) mass is 273 g/mol. The van der Waals surface area contributed by atoms with Crippen LogP contribution in [0.25, 0.3) is 0 Å². The summed E-state index contributed by atoms with van der Waals surface area (Å²) in [5, 5.41) is 11.0. The average Bonchev–Trinajstić information content (AvgIpc) is 2.46. The van der Waals surface area contributed by atoms with Crippen LogP contribution in [0.2, 0.25) is 0 Å². The Morgan fingerprint density at radius 1 is 1.55 bits per heavy atom. The summed E-state index contributed by atoms with van der Waals surface area (Å²) in [6.45, 7) is 0.327. The molecule has 0 bridgehead atoms. The van der Waals surface area contributed by atoms with Gasteiger partial charge in [-0.1, -0.05) is 12.1 Å². The smallest absolute Gasteiger partial charge is 0.257 e. The lowest BCUT2D eigenvalue weighted by Crippen LogP contribution is -2.30. The minimum atomic E-state index is -0.210. The van der Waals surface area contributed by atoms with Crippen molar-refractivity contribution in [1.29, 1.82) is 5.26 Å². The van der Waals surface area contributed by atoms with Crippen molar-refractivity contribution < 1.29 is 9.53 Å². The molecule has 0 spiro atoms. The molecule has 0 heterocycles. The molecule has 1 aromatic carbocycles. The van der Waals surface area contributed by atoms with Crippen molar-refractivity contribution in [1.82, 2.24) is 5.32 Å². The summed E-state index contributed by atoms with van der Waals surface area (Å²) in [4.78, 5) is 11.6. The number of nitrogens with one attached hydrogen (secondary N) is 1. The van der Waals surface area contributed by atoms with E-state index in [1.54, 1.807) is 0 Å². The Morgan fingerprint density at radius 2 is 2.40 bits per heavy atom. The summed E-state index contributed by atoms with van der Waals surface area (Å²) in [6.07, 6.45) is 3.28. The first-order valence-electron chi connectivity index (χ1n) is 6.86. The molecule has 3 N–H and O–H groups in total. The summed E-state index contributed by atoms with van der Waals surface area (Å²) >= 11 is 0. The van der Waals surface area contributed by atoms with Gasteiger partial charge in [-0.3, -0.25) is 4.79 Å². The first-order chi connectivity index (χ1) is 9.72. The number of rotatable bonds is 5. The highest BCUT2D eigenvalue weighted by Gasteiger charge is 2.20. The van der Waals surface area contributed by atoms with Gasteiger partial charge < -0.3 is 15.8 Å². The molecule has 0 saturated heterocycles. The van der Waals surface area contributed by atoms with Crippen LogP contribution in [0.1, 0.15) is 36.4 Å². The Kier molecular flexibility index (Phi) is 4.97. The third-order valence-electron chi connectivity index (χ3n) is 3.43. The van der Waals surface area contributed by atoms with Gasteiger partial charge in [0.25, 0.3) is 5.91 Å². The number of carbonyl (C=O) groups excluding carboxylic acids is 1. The van der Waals surface area contributed by atoms with Crippen LogP contribution in [0.3, 0.4) is 0 Å². The van der Waals surface area contributed by atoms with Crippen LogP contribution in [0, 0.1) is 11.3 Å². The fraction of sp³-hybridized carbons (Fsp3) is 0.467. The Labute approximate surface area is 118 Å². The van der Waals surface area contributed by atoms with Gasteiger partial charge in [-0.25, -0.2) is 0 Å². The van der Waals surface area contributed by atoms with Crippen molar-refractivity contribution >= 4 is 5.91 Å². The van der Waals surface area contributed by atoms with Crippen LogP contribution in [-0.2, 0) is 11.2 Å². The number of amides is 1. The van der Waals surface area contributed by atoms with E-state index in [9.17, 15) is 4.79 Å². The van der Waals surface area contributed by atoms with Crippen molar-refractivity contribution in [2.24, 2.45) is 5.73 Å². The Balaban J connectivity index is 1.95. The number of hydrogen-bond donors (Lipinski definition) is 2. The van der Waals surface area contributed by atoms with E-state index in [2.05, 4.69) is 5.32 Å². The fourth-order valence-corrected chi connectivity index (χ4v) is 2.44. The fourth-order valence-electron chi connectivity index (χ4n) is 2.44. The highest BCUT2D eigenvalue weighted by Crippen LogP contribution is 2.33. The zero-order chi connectivity index (χ0) is 14.4. The number of benzene rings is 1. The second kappa shape index (κ2) is 6.92. The molecule has 2 rings (SSSR count). The minimum Gasteiger partial charge on any atom is -0.483 e. The molecule has 0 aromatic heterocycles. The standard InChI is InChI=1S/C15H19N3O2/c16-8-3-9-18-15(19)10-20-14-7-2-4-11-12(14)5-1-6-13(11)17/h2,4,7,13H,1,3,5-6,9-10,17H2,(H,18,19). The zero-order valence-corrected chi connectivity index (χ0v) is 11.4. The number of nitrogens with zero attached hydrogens (tertiary/aromatic N) is 1. The number of fused-ring (bicyclic) bond motifs is 1. The lowest BCUT2D eigenvalue weighted by Gasteiger charge is -2.24. The predicted octanol–water partition coefficient (Wildman–Crippen LogP) is 1.43. The van der Waals surface area contributed by atoms with E-state index < -0.39 is 0 Å². The summed E-state index contributed by atoms with van der Waals surface area (Å²) in [5.74, 6) is 0.533. The van der Waals surface area contributed by atoms with E-state index >= 15 is 0 Å². The molecule has 0 radical (unpaired) electrons. The molecule has 1 aromatic rings. The molecule has 1 aliphatic rings. The van der Waals surface area contributed by atoms with Crippen LogP contribution in [0.5, 0.6) is 5.75 Å². The molecule has 5 nitrogen and oxygen atoms in total. The topological polar surface area (TPSA) is 88.1 Å². The maximum atomic E-state index is 11.6. The van der Waals surface area contributed by atoms with Crippen molar-refractivity contribution in [2.75, 3.05) is 13.2 Å². The van der Waals surface area contributed by atoms with Crippen molar-refractivity contribution in [3.05, 3.63) is 29.3 Å². The molecule has 20 heavy (non-hydrogen) atoms. The maximum absolute atomic E-state index is 11.6. The summed E-state index contributed by atoms with van der Waals surface area (Å²) in [6, 6.07) is 7.85. The van der Waals surface area contributed by atoms with Crippen LogP contribution in [-0.4, -0.2) is 19.1 Å². The lowest BCUT2D eigenvalue weighted by molar-refractivity contribution is -0.123. The van der Waals surface area contributed by atoms with Crippen LogP contribution in [0.15, 0.2) is 18.2 Å². The molecule has 1 atom stereocenters. The van der Waals surface area contributed by atoms with Gasteiger partial charge in [-0.05, 0) is 36.5 Å². The van der Waals surface area contributed by atoms with Crippen molar-refractivity contribution in [3.8, 4) is 11.8 Å². The zero-order valence-electron chi connectivity index (χ0n) is 11.4. The number of nitriles is 1. The molecule has 0 fully saturated rings. The molecule has 1 amide bonds. The van der Waals surface area contributed by atoms with Crippen LogP contribution >= 0.6 is 0 Å². The molecule has 1 aliphatic carbocycles. The van der Waals surface area contributed by atoms with E-state index in [-0.39, 0.29) is 18.6 Å². The highest BCUT2D eigenvalue weighted by atomic mass is 16.5. The van der Waals surface area contributed by atoms with Gasteiger partial charge in [0, 0.05) is 12.6 Å². The number of hydrogen-bond acceptors (Lipinski definition) is 4. The predicted molar refractivity (Wildman–Crippen MR) is 75.0 cm³/mol. The normalized spacial score (nSPS) is 16.9. The van der Waals surface area contributed by atoms with Gasteiger partial charge in [0.1, 0.15) is 5.75 Å². The summed E-state index contributed by atoms with van der Waals surface area (Å²) in [5.41, 5.74) is 8.33. The number of carbonyl (C=O) groups is 1. The molecule has 0 aliphatic heterocycles. The SMILES string of the molecule is N#CCCNC(=O)COc1cccc2c1CCCC2N. The highest BCUT2D eigenvalue weighted by molar-refractivity contribution is 5.77. The Bertz CT molecular complexity index is 522. The summed E-state index contributed by atoms with van der Waals surface area (Å²) < 4.78 is 5.59. The third kappa shape index (κ3) is 3.49. The molecule has 106 valence electrons. The average molecular weight is 273 g/mol. The van der Waals surface area contributed by atoms with Crippen molar-refractivity contribution in [3.63, 3.8) is 0 Å². The van der Waals surface area contributed by atoms with E-state index in [0.29, 0.717) is 13.0 Å². The molecular weight excluding hydrogens is 254 g/mol. The quantitative estimate of drug-likeness (QED) is 0.794. The Hall–Kier alpha value is -2.06. The first kappa shape index (κ1) is 14.4. The van der Waals surface area contributed by atoms with E-state index in [0.717, 1.165) is 36.1 Å². The molecular formula is C15H19N3O2. The second-order valence-electron chi connectivity index (χ2n) is 4.87. The lowest BCUT2D eigenvalue weighted by atomic mass is 9.88. The van der Waals surface area contributed by atoms with Gasteiger partial charge in [0.05, 0.1) is 12.5 Å². The Morgan fingerprint density at radius 3 is 3.20 bits per heavy atom. The van der Waals surface area contributed by atoms with Crippen LogP contribution in [0.4, 0.5) is 0 Å². The van der Waals surface area contributed by atoms with E-state index in [1.807, 2.05) is 24.3 Å². The minimum absolute atomic E-state index is 0.0306. The van der Waals surface area contributed by atoms with E-state index in [1.165, 1.54) is 0 Å². The van der Waals surface area contributed by atoms with E-state index in [4.69, 9.17) is 15.7 Å². The molecule has 1 unspecified atom stereocenters. The second-order valence-corrected chi connectivity index (χ2v) is 4.87. The van der Waals surface area contributed by atoms with Gasteiger partial charge in [-0.2, -0.15) is 5.26 Å². The number of nitrogens with two attached hydrogens (primary N) is 1. The first-order valence-corrected chi connectivity index (χ1v) is 6.86. The molecule has 0 saturated carbocycles. The maximum Gasteiger partial charge on any atom is 0.257 e. The third-order valence-corrected chi connectivity index (χ3v) is 3.43. The van der Waals surface area contributed by atoms with Gasteiger partial charge in [0.2, 0.25) is 0 Å². The van der Waals surface area contributed by atoms with Gasteiger partial charge in [-0.15, -0.1) is 0 Å². The largest absolute Gasteiger partial charge is 0.483 e. The number of ether oxygens (including phenoxy) is 1. The summed E-state index contributed by atoms with van der Waals surface area (Å²) in [7, 11) is 0.